The number of amides is 3. The Morgan fingerprint density at radius 2 is 1.41 bits per heavy atom. The number of anilines is 1. The van der Waals surface area contributed by atoms with Gasteiger partial charge in [-0.05, 0) is 68.9 Å². The van der Waals surface area contributed by atoms with Crippen LogP contribution in [0.4, 0.5) is 10.5 Å². The SMILES string of the molecule is CCCCCCCCN(C(=O)C(Cc1ccccc1)NC(=O)OC(C)(C)C)C(C(=O)Nc1ccccc1C)c1ccc(CC)cc1. The standard InChI is InChI=1S/C39H53N3O4/c1-7-9-10-11-12-18-27-42(37(44)34(28-31-20-14-13-15-21-31)41-38(45)46-39(4,5)6)35(32-25-23-30(8-2)24-26-32)36(43)40-33-22-17-16-19-29(33)3/h13-17,19-26,34-35H,7-12,18,27-28H2,1-6H3,(H,40,43)(H,41,45). The molecule has 0 heterocycles. The molecule has 0 bridgehead atoms. The lowest BCUT2D eigenvalue weighted by molar-refractivity contribution is -0.140. The predicted octanol–water partition coefficient (Wildman–Crippen LogP) is 8.56. The van der Waals surface area contributed by atoms with E-state index in [4.69, 9.17) is 4.74 Å². The summed E-state index contributed by atoms with van der Waals surface area (Å²) in [6, 6.07) is 23.3. The van der Waals surface area contributed by atoms with Crippen molar-refractivity contribution in [1.82, 2.24) is 10.2 Å². The maximum atomic E-state index is 14.8. The molecule has 3 aromatic carbocycles. The minimum absolute atomic E-state index is 0.257. The molecule has 0 saturated carbocycles. The molecule has 0 radical (unpaired) electrons. The summed E-state index contributed by atoms with van der Waals surface area (Å²) in [6.45, 7) is 12.0. The first-order chi connectivity index (χ1) is 22.0. The van der Waals surface area contributed by atoms with Crippen molar-refractivity contribution in [1.29, 1.82) is 0 Å². The number of ether oxygens (including phenoxy) is 1. The molecule has 0 spiro atoms. The maximum Gasteiger partial charge on any atom is 0.408 e. The van der Waals surface area contributed by atoms with Crippen molar-refractivity contribution in [2.75, 3.05) is 11.9 Å². The summed E-state index contributed by atoms with van der Waals surface area (Å²) in [4.78, 5) is 43.8. The van der Waals surface area contributed by atoms with Crippen LogP contribution in [0.3, 0.4) is 0 Å². The lowest BCUT2D eigenvalue weighted by Crippen LogP contribution is -2.53. The number of aryl methyl sites for hydroxylation is 2. The van der Waals surface area contributed by atoms with Gasteiger partial charge < -0.3 is 20.3 Å². The van der Waals surface area contributed by atoms with E-state index in [-0.39, 0.29) is 18.2 Å². The van der Waals surface area contributed by atoms with Crippen LogP contribution in [-0.4, -0.2) is 41.0 Å². The molecule has 0 saturated heterocycles. The third-order valence-corrected chi connectivity index (χ3v) is 7.97. The van der Waals surface area contributed by atoms with E-state index in [1.165, 1.54) is 6.42 Å². The van der Waals surface area contributed by atoms with Gasteiger partial charge in [0, 0.05) is 18.7 Å². The molecular formula is C39H53N3O4. The van der Waals surface area contributed by atoms with Gasteiger partial charge in [0.25, 0.3) is 5.91 Å². The molecule has 46 heavy (non-hydrogen) atoms. The van der Waals surface area contributed by atoms with E-state index in [0.717, 1.165) is 60.8 Å². The Morgan fingerprint density at radius 3 is 2.04 bits per heavy atom. The van der Waals surface area contributed by atoms with Crippen LogP contribution in [0.15, 0.2) is 78.9 Å². The normalized spacial score (nSPS) is 12.6. The smallest absolute Gasteiger partial charge is 0.408 e. The fourth-order valence-electron chi connectivity index (χ4n) is 5.45. The van der Waals surface area contributed by atoms with Crippen molar-refractivity contribution in [3.8, 4) is 0 Å². The topological polar surface area (TPSA) is 87.7 Å². The van der Waals surface area contributed by atoms with Crippen molar-refractivity contribution < 1.29 is 19.1 Å². The number of unbranched alkanes of at least 4 members (excludes halogenated alkanes) is 5. The minimum atomic E-state index is -0.944. The third kappa shape index (κ3) is 11.7. The van der Waals surface area contributed by atoms with Gasteiger partial charge >= 0.3 is 6.09 Å². The van der Waals surface area contributed by atoms with Gasteiger partial charge in [0.1, 0.15) is 17.7 Å². The zero-order valence-corrected chi connectivity index (χ0v) is 28.6. The predicted molar refractivity (Wildman–Crippen MR) is 187 cm³/mol. The van der Waals surface area contributed by atoms with E-state index in [1.54, 1.807) is 25.7 Å². The van der Waals surface area contributed by atoms with Crippen LogP contribution in [-0.2, 0) is 27.2 Å². The first-order valence-electron chi connectivity index (χ1n) is 16.8. The molecule has 0 aliphatic rings. The first kappa shape index (κ1) is 36.3. The summed E-state index contributed by atoms with van der Waals surface area (Å²) in [7, 11) is 0. The van der Waals surface area contributed by atoms with Crippen molar-refractivity contribution >= 4 is 23.6 Å². The highest BCUT2D eigenvalue weighted by Crippen LogP contribution is 2.27. The van der Waals surface area contributed by atoms with E-state index in [2.05, 4.69) is 24.5 Å². The van der Waals surface area contributed by atoms with Gasteiger partial charge in [-0.15, -0.1) is 0 Å². The van der Waals surface area contributed by atoms with Crippen LogP contribution in [0, 0.1) is 6.92 Å². The summed E-state index contributed by atoms with van der Waals surface area (Å²) < 4.78 is 5.58. The number of hydrogen-bond donors (Lipinski definition) is 2. The number of carbonyl (C=O) groups excluding carboxylic acids is 3. The second-order valence-corrected chi connectivity index (χ2v) is 13.0. The number of hydrogen-bond acceptors (Lipinski definition) is 4. The second kappa shape index (κ2) is 18.1. The highest BCUT2D eigenvalue weighted by Gasteiger charge is 2.36. The highest BCUT2D eigenvalue weighted by atomic mass is 16.6. The lowest BCUT2D eigenvalue weighted by Gasteiger charge is -2.35. The number of para-hydroxylation sites is 1. The monoisotopic (exact) mass is 627 g/mol. The van der Waals surface area contributed by atoms with Gasteiger partial charge in [0.05, 0.1) is 0 Å². The van der Waals surface area contributed by atoms with Gasteiger partial charge in [-0.25, -0.2) is 4.79 Å². The number of benzene rings is 3. The molecule has 7 heteroatoms. The van der Waals surface area contributed by atoms with Crippen molar-refractivity contribution in [2.24, 2.45) is 0 Å². The second-order valence-electron chi connectivity index (χ2n) is 13.0. The molecule has 0 fully saturated rings. The Balaban J connectivity index is 2.05. The summed E-state index contributed by atoms with van der Waals surface area (Å²) >= 11 is 0. The summed E-state index contributed by atoms with van der Waals surface area (Å²) in [5, 5.41) is 5.97. The van der Waals surface area contributed by atoms with Crippen LogP contribution in [0.1, 0.15) is 101 Å². The average Bonchev–Trinajstić information content (AvgIpc) is 3.02. The molecule has 0 aromatic heterocycles. The minimum Gasteiger partial charge on any atom is -0.444 e. The van der Waals surface area contributed by atoms with Gasteiger partial charge in [0.15, 0.2) is 0 Å². The molecule has 0 aliphatic carbocycles. The Labute approximate surface area is 276 Å². The molecule has 3 rings (SSSR count). The van der Waals surface area contributed by atoms with Gasteiger partial charge in [-0.3, -0.25) is 9.59 Å². The largest absolute Gasteiger partial charge is 0.444 e. The number of nitrogens with zero attached hydrogens (tertiary/aromatic N) is 1. The molecule has 248 valence electrons. The fourth-order valence-corrected chi connectivity index (χ4v) is 5.45. The molecule has 2 N–H and O–H groups in total. The van der Waals surface area contributed by atoms with Gasteiger partial charge in [-0.2, -0.15) is 0 Å². The zero-order valence-electron chi connectivity index (χ0n) is 28.6. The van der Waals surface area contributed by atoms with E-state index >= 15 is 0 Å². The molecule has 2 atom stereocenters. The van der Waals surface area contributed by atoms with Crippen LogP contribution >= 0.6 is 0 Å². The number of nitrogens with one attached hydrogen (secondary N) is 2. The Bertz CT molecular complexity index is 1380. The van der Waals surface area contributed by atoms with Crippen molar-refractivity contribution in [3.63, 3.8) is 0 Å². The molecular weight excluding hydrogens is 574 g/mol. The Hall–Kier alpha value is -4.13. The first-order valence-corrected chi connectivity index (χ1v) is 16.8. The van der Waals surface area contributed by atoms with Crippen molar-refractivity contribution in [2.45, 2.75) is 111 Å². The molecule has 3 amide bonds. The highest BCUT2D eigenvalue weighted by molar-refractivity contribution is 5.99. The van der Waals surface area contributed by atoms with Gasteiger partial charge in [0.2, 0.25) is 5.91 Å². The van der Waals surface area contributed by atoms with E-state index < -0.39 is 23.8 Å². The average molecular weight is 628 g/mol. The number of carbonyl (C=O) groups is 3. The summed E-state index contributed by atoms with van der Waals surface area (Å²) in [6.07, 6.45) is 6.64. The van der Waals surface area contributed by atoms with Crippen molar-refractivity contribution in [3.05, 3.63) is 101 Å². The molecule has 0 aliphatic heterocycles. The van der Waals surface area contributed by atoms with Crippen LogP contribution in [0.25, 0.3) is 0 Å². The fraction of sp³-hybridized carbons (Fsp3) is 0.462. The molecule has 3 aromatic rings. The molecule has 2 unspecified atom stereocenters. The third-order valence-electron chi connectivity index (χ3n) is 7.97. The van der Waals surface area contributed by atoms with E-state index in [0.29, 0.717) is 12.2 Å². The summed E-state index contributed by atoms with van der Waals surface area (Å²) in [5.74, 6) is -0.624. The zero-order chi connectivity index (χ0) is 33.5. The van der Waals surface area contributed by atoms with Crippen LogP contribution in [0.5, 0.6) is 0 Å². The lowest BCUT2D eigenvalue weighted by atomic mass is 9.98. The maximum absolute atomic E-state index is 14.8. The van der Waals surface area contributed by atoms with E-state index in [9.17, 15) is 14.4 Å². The Kier molecular flexibility index (Phi) is 14.3. The quantitative estimate of drug-likeness (QED) is 0.156. The van der Waals surface area contributed by atoms with Crippen LogP contribution < -0.4 is 10.6 Å². The van der Waals surface area contributed by atoms with Crippen LogP contribution in [0.2, 0.25) is 0 Å². The van der Waals surface area contributed by atoms with Gasteiger partial charge in [-0.1, -0.05) is 119 Å². The molecule has 7 nitrogen and oxygen atoms in total. The number of alkyl carbamates (subject to hydrolysis) is 1. The number of rotatable bonds is 16. The Morgan fingerprint density at radius 1 is 0.783 bits per heavy atom. The summed E-state index contributed by atoms with van der Waals surface area (Å²) in [5.41, 5.74) is 3.65. The van der Waals surface area contributed by atoms with E-state index in [1.807, 2.05) is 85.8 Å².